The Morgan fingerprint density at radius 2 is 1.93 bits per heavy atom. The summed E-state index contributed by atoms with van der Waals surface area (Å²) in [6.45, 7) is 13.1. The first-order valence-corrected chi connectivity index (χ1v) is 11.0. The zero-order chi connectivity index (χ0) is 20.2. The average Bonchev–Trinajstić information content (AvgIpc) is 3.14. The number of aryl methyl sites for hydroxylation is 2. The van der Waals surface area contributed by atoms with Gasteiger partial charge in [-0.2, -0.15) is 5.10 Å². The summed E-state index contributed by atoms with van der Waals surface area (Å²) in [5, 5.41) is 11.1. The first-order valence-electron chi connectivity index (χ1n) is 11.0. The molecule has 7 nitrogen and oxygen atoms in total. The van der Waals surface area contributed by atoms with Crippen molar-refractivity contribution in [3.8, 4) is 0 Å². The van der Waals surface area contributed by atoms with Crippen LogP contribution in [0.3, 0.4) is 0 Å². The summed E-state index contributed by atoms with van der Waals surface area (Å²) in [4.78, 5) is 7.53. The molecule has 1 aliphatic heterocycles. The first-order chi connectivity index (χ1) is 13.7. The van der Waals surface area contributed by atoms with Crippen molar-refractivity contribution in [2.45, 2.75) is 52.5 Å². The van der Waals surface area contributed by atoms with Crippen LogP contribution in [-0.2, 0) is 18.2 Å². The molecule has 0 saturated carbocycles. The molecule has 0 radical (unpaired) electrons. The topological polar surface area (TPSA) is 66.7 Å². The number of nitrogens with one attached hydrogen (secondary N) is 2. The summed E-state index contributed by atoms with van der Waals surface area (Å²) in [6, 6.07) is 0.491. The highest BCUT2D eigenvalue weighted by atomic mass is 127. The number of aromatic nitrogens is 2. The Labute approximate surface area is 194 Å². The maximum Gasteiger partial charge on any atom is 0.191 e. The minimum absolute atomic E-state index is 0. The van der Waals surface area contributed by atoms with E-state index in [1.54, 1.807) is 0 Å². The van der Waals surface area contributed by atoms with E-state index in [2.05, 4.69) is 47.6 Å². The van der Waals surface area contributed by atoms with Crippen molar-refractivity contribution in [2.24, 2.45) is 18.0 Å². The molecule has 1 aromatic heterocycles. The molecule has 2 heterocycles. The highest BCUT2D eigenvalue weighted by Gasteiger charge is 2.26. The maximum absolute atomic E-state index is 5.56. The van der Waals surface area contributed by atoms with E-state index in [4.69, 9.17) is 9.73 Å². The number of aliphatic imine (C=N–C) groups is 1. The molecule has 1 fully saturated rings. The van der Waals surface area contributed by atoms with Gasteiger partial charge in [0, 0.05) is 45.5 Å². The van der Waals surface area contributed by atoms with E-state index >= 15 is 0 Å². The Balaban J connectivity index is 0.00000420. The maximum atomic E-state index is 5.56. The molecular weight excluding hydrogens is 479 g/mol. The molecule has 1 saturated heterocycles. The van der Waals surface area contributed by atoms with E-state index in [9.17, 15) is 0 Å². The summed E-state index contributed by atoms with van der Waals surface area (Å²) >= 11 is 0. The predicted octanol–water partition coefficient (Wildman–Crippen LogP) is 2.66. The van der Waals surface area contributed by atoms with Gasteiger partial charge in [-0.25, -0.2) is 0 Å². The van der Waals surface area contributed by atoms with Gasteiger partial charge in [0.15, 0.2) is 5.96 Å². The fraction of sp³-hybridized carbons (Fsp3) is 0.810. The SMILES string of the molecule is CCNC(=NCC(C(CC)CC)N1CCOCC1)NCCCc1cnn(C)c1.I. The van der Waals surface area contributed by atoms with Crippen molar-refractivity contribution in [3.63, 3.8) is 0 Å². The number of hydrogen-bond donors (Lipinski definition) is 2. The Hall–Kier alpha value is -0.870. The second kappa shape index (κ2) is 15.0. The van der Waals surface area contributed by atoms with Crippen LogP contribution in [0.25, 0.3) is 0 Å². The molecule has 0 bridgehead atoms. The second-order valence-corrected chi connectivity index (χ2v) is 7.56. The highest BCUT2D eigenvalue weighted by Crippen LogP contribution is 2.20. The Bertz CT molecular complexity index is 569. The number of ether oxygens (including phenoxy) is 1. The average molecular weight is 521 g/mol. The van der Waals surface area contributed by atoms with E-state index < -0.39 is 0 Å². The molecule has 1 atom stereocenters. The van der Waals surface area contributed by atoms with Gasteiger partial charge in [0.2, 0.25) is 0 Å². The molecule has 0 aliphatic carbocycles. The van der Waals surface area contributed by atoms with Crippen molar-refractivity contribution in [3.05, 3.63) is 18.0 Å². The minimum Gasteiger partial charge on any atom is -0.379 e. The van der Waals surface area contributed by atoms with E-state index in [1.807, 2.05) is 17.9 Å². The van der Waals surface area contributed by atoms with Crippen LogP contribution in [0.2, 0.25) is 0 Å². The molecule has 2 N–H and O–H groups in total. The van der Waals surface area contributed by atoms with Gasteiger partial charge in [-0.05, 0) is 31.2 Å². The smallest absolute Gasteiger partial charge is 0.191 e. The molecule has 0 spiro atoms. The van der Waals surface area contributed by atoms with Gasteiger partial charge in [-0.3, -0.25) is 14.6 Å². The predicted molar refractivity (Wildman–Crippen MR) is 131 cm³/mol. The number of guanidine groups is 1. The highest BCUT2D eigenvalue weighted by molar-refractivity contribution is 14.0. The van der Waals surface area contributed by atoms with Crippen LogP contribution in [0, 0.1) is 5.92 Å². The molecule has 29 heavy (non-hydrogen) atoms. The molecule has 0 aromatic carbocycles. The molecule has 1 aliphatic rings. The Kier molecular flexibility index (Phi) is 13.5. The summed E-state index contributed by atoms with van der Waals surface area (Å²) in [7, 11) is 1.96. The van der Waals surface area contributed by atoms with Gasteiger partial charge >= 0.3 is 0 Å². The van der Waals surface area contributed by atoms with Crippen LogP contribution in [0.4, 0.5) is 0 Å². The summed E-state index contributed by atoms with van der Waals surface area (Å²) in [5.74, 6) is 1.60. The van der Waals surface area contributed by atoms with Gasteiger partial charge in [-0.15, -0.1) is 24.0 Å². The molecule has 2 rings (SSSR count). The number of rotatable bonds is 11. The van der Waals surface area contributed by atoms with Gasteiger partial charge in [0.05, 0.1) is 26.0 Å². The lowest BCUT2D eigenvalue weighted by Gasteiger charge is -2.38. The third-order valence-corrected chi connectivity index (χ3v) is 5.58. The third-order valence-electron chi connectivity index (χ3n) is 5.58. The fourth-order valence-electron chi connectivity index (χ4n) is 3.93. The van der Waals surface area contributed by atoms with Crippen LogP contribution < -0.4 is 10.6 Å². The zero-order valence-electron chi connectivity index (χ0n) is 18.7. The third kappa shape index (κ3) is 9.21. The van der Waals surface area contributed by atoms with E-state index in [0.717, 1.165) is 64.7 Å². The van der Waals surface area contributed by atoms with E-state index in [1.165, 1.54) is 18.4 Å². The number of hydrogen-bond acceptors (Lipinski definition) is 4. The van der Waals surface area contributed by atoms with Crippen LogP contribution in [-0.4, -0.2) is 72.6 Å². The van der Waals surface area contributed by atoms with Crippen molar-refractivity contribution in [1.29, 1.82) is 0 Å². The van der Waals surface area contributed by atoms with Crippen molar-refractivity contribution >= 4 is 29.9 Å². The van der Waals surface area contributed by atoms with Gasteiger partial charge in [0.25, 0.3) is 0 Å². The zero-order valence-corrected chi connectivity index (χ0v) is 21.0. The Morgan fingerprint density at radius 1 is 1.21 bits per heavy atom. The van der Waals surface area contributed by atoms with Crippen LogP contribution >= 0.6 is 24.0 Å². The molecule has 168 valence electrons. The molecular formula is C21H41IN6O. The molecule has 1 unspecified atom stereocenters. The van der Waals surface area contributed by atoms with Crippen molar-refractivity contribution < 1.29 is 4.74 Å². The van der Waals surface area contributed by atoms with Crippen molar-refractivity contribution in [1.82, 2.24) is 25.3 Å². The quantitative estimate of drug-likeness (QED) is 0.203. The van der Waals surface area contributed by atoms with Crippen molar-refractivity contribution in [2.75, 3.05) is 45.9 Å². The van der Waals surface area contributed by atoms with Gasteiger partial charge in [0.1, 0.15) is 0 Å². The fourth-order valence-corrected chi connectivity index (χ4v) is 3.93. The summed E-state index contributed by atoms with van der Waals surface area (Å²) < 4.78 is 7.42. The molecule has 0 amide bonds. The summed E-state index contributed by atoms with van der Waals surface area (Å²) in [5.41, 5.74) is 1.28. The summed E-state index contributed by atoms with van der Waals surface area (Å²) in [6.07, 6.45) is 8.52. The van der Waals surface area contributed by atoms with E-state index in [0.29, 0.717) is 12.0 Å². The standard InChI is InChI=1S/C21H40N6O.HI/c1-5-19(6-2)20(27-11-13-28-14-12-27)16-24-21(22-7-3)23-10-8-9-18-15-25-26(4)17-18;/h15,17,19-20H,5-14,16H2,1-4H3,(H2,22,23,24);1H. The monoisotopic (exact) mass is 520 g/mol. The molecule has 8 heteroatoms. The van der Waals surface area contributed by atoms with Crippen LogP contribution in [0.5, 0.6) is 0 Å². The van der Waals surface area contributed by atoms with Gasteiger partial charge < -0.3 is 15.4 Å². The first kappa shape index (κ1) is 26.2. The minimum atomic E-state index is 0. The Morgan fingerprint density at radius 3 is 2.52 bits per heavy atom. The molecule has 1 aromatic rings. The lowest BCUT2D eigenvalue weighted by molar-refractivity contribution is 0.00395. The number of nitrogens with zero attached hydrogens (tertiary/aromatic N) is 4. The lowest BCUT2D eigenvalue weighted by atomic mass is 9.92. The van der Waals surface area contributed by atoms with E-state index in [-0.39, 0.29) is 24.0 Å². The second-order valence-electron chi connectivity index (χ2n) is 7.56. The number of halogens is 1. The van der Waals surface area contributed by atoms with Crippen LogP contribution in [0.15, 0.2) is 17.4 Å². The normalized spacial score (nSPS) is 16.5. The number of morpholine rings is 1. The van der Waals surface area contributed by atoms with Crippen LogP contribution in [0.1, 0.15) is 45.6 Å². The largest absolute Gasteiger partial charge is 0.379 e. The van der Waals surface area contributed by atoms with Gasteiger partial charge in [-0.1, -0.05) is 26.7 Å². The lowest BCUT2D eigenvalue weighted by Crippen LogP contribution is -2.49.